The Bertz CT molecular complexity index is 1180. The molecule has 0 spiro atoms. The second kappa shape index (κ2) is 9.21. The van der Waals surface area contributed by atoms with E-state index < -0.39 is 11.7 Å². The molecule has 1 amide bonds. The number of hydrogen-bond acceptors (Lipinski definition) is 7. The summed E-state index contributed by atoms with van der Waals surface area (Å²) in [5.74, 6) is 0.337. The number of halogens is 3. The average molecular weight is 489 g/mol. The maximum absolute atomic E-state index is 12.8. The van der Waals surface area contributed by atoms with Crippen LogP contribution < -0.4 is 5.32 Å². The lowest BCUT2D eigenvalue weighted by atomic mass is 10.0. The topological polar surface area (TPSA) is 106 Å². The number of amides is 1. The van der Waals surface area contributed by atoms with E-state index in [-0.39, 0.29) is 17.5 Å². The van der Waals surface area contributed by atoms with Crippen molar-refractivity contribution in [2.75, 3.05) is 18.4 Å². The van der Waals surface area contributed by atoms with E-state index in [1.807, 2.05) is 0 Å². The normalized spacial score (nSPS) is 18.0. The van der Waals surface area contributed by atoms with Crippen molar-refractivity contribution in [1.82, 2.24) is 14.9 Å². The van der Waals surface area contributed by atoms with Gasteiger partial charge in [0.1, 0.15) is 17.2 Å². The zero-order valence-corrected chi connectivity index (χ0v) is 19.4. The molecule has 34 heavy (non-hydrogen) atoms. The molecule has 0 saturated carbocycles. The molecule has 3 N–H and O–H groups in total. The highest BCUT2D eigenvalue weighted by molar-refractivity contribution is 8.15. The van der Waals surface area contributed by atoms with Crippen LogP contribution in [0.25, 0.3) is 5.57 Å². The van der Waals surface area contributed by atoms with Gasteiger partial charge in [-0.15, -0.1) is 0 Å². The van der Waals surface area contributed by atoms with E-state index in [9.17, 15) is 18.0 Å². The molecular weight excluding hydrogens is 465 g/mol. The summed E-state index contributed by atoms with van der Waals surface area (Å²) in [6, 6.07) is 4.33. The van der Waals surface area contributed by atoms with Crippen molar-refractivity contribution >= 4 is 39.8 Å². The number of allylic oxidation sites excluding steroid dienone is 1. The maximum Gasteiger partial charge on any atom is 0.416 e. The molecule has 1 fully saturated rings. The Labute approximate surface area is 198 Å². The van der Waals surface area contributed by atoms with E-state index in [4.69, 9.17) is 10.8 Å². The predicted octanol–water partition coefficient (Wildman–Crippen LogP) is 5.11. The van der Waals surface area contributed by atoms with Crippen LogP contribution in [0, 0.1) is 10.8 Å². The minimum Gasteiger partial charge on any atom is -0.366 e. The highest BCUT2D eigenvalue weighted by Gasteiger charge is 2.32. The summed E-state index contributed by atoms with van der Waals surface area (Å²) >= 11 is 1.26. The van der Waals surface area contributed by atoms with Gasteiger partial charge in [-0.05, 0) is 56.5 Å². The van der Waals surface area contributed by atoms with Gasteiger partial charge < -0.3 is 15.6 Å². The Morgan fingerprint density at radius 1 is 1.15 bits per heavy atom. The number of carbonyl (C=O) groups is 1. The summed E-state index contributed by atoms with van der Waals surface area (Å²) in [6.45, 7) is 4.41. The SMILES string of the molecule is CC(=N)/C(C)=C1\C(=N)Sc2c(NC3CCN(C(=O)c4ccc(C(F)(F)F)cc4)CC3)ncnc21. The zero-order valence-electron chi connectivity index (χ0n) is 18.6. The molecule has 1 saturated heterocycles. The Hall–Kier alpha value is -3.21. The van der Waals surface area contributed by atoms with E-state index in [0.29, 0.717) is 59.3 Å². The van der Waals surface area contributed by atoms with Crippen LogP contribution in [-0.2, 0) is 6.18 Å². The predicted molar refractivity (Wildman–Crippen MR) is 126 cm³/mol. The van der Waals surface area contributed by atoms with Crippen molar-refractivity contribution in [2.45, 2.75) is 43.8 Å². The van der Waals surface area contributed by atoms with Crippen molar-refractivity contribution in [3.63, 3.8) is 0 Å². The molecule has 4 rings (SSSR count). The second-order valence-electron chi connectivity index (χ2n) is 8.24. The fraction of sp³-hybridized carbons (Fsp3) is 0.348. The summed E-state index contributed by atoms with van der Waals surface area (Å²) in [7, 11) is 0. The number of likely N-dealkylation sites (tertiary alicyclic amines) is 1. The smallest absolute Gasteiger partial charge is 0.366 e. The molecule has 1 aromatic heterocycles. The minimum atomic E-state index is -4.43. The number of piperidine rings is 1. The molecule has 2 aromatic rings. The number of anilines is 1. The quantitative estimate of drug-likeness (QED) is 0.519. The van der Waals surface area contributed by atoms with Crippen molar-refractivity contribution < 1.29 is 18.0 Å². The Kier molecular flexibility index (Phi) is 6.48. The third-order valence-corrected chi connectivity index (χ3v) is 6.99. The van der Waals surface area contributed by atoms with Crippen LogP contribution in [0.2, 0.25) is 0 Å². The molecule has 0 atom stereocenters. The van der Waals surface area contributed by atoms with Gasteiger partial charge in [-0.25, -0.2) is 9.97 Å². The number of rotatable bonds is 4. The summed E-state index contributed by atoms with van der Waals surface area (Å²) < 4.78 is 38.3. The van der Waals surface area contributed by atoms with Crippen LogP contribution in [0.15, 0.2) is 41.1 Å². The van der Waals surface area contributed by atoms with Gasteiger partial charge in [0, 0.05) is 36.0 Å². The standard InChI is InChI=1S/C23H23F3N6OS/c1-12(13(2)27)17-18-19(34-20(17)28)21(30-11-29-18)31-16-7-9-32(10-8-16)22(33)14-3-5-15(6-4-14)23(24,25)26/h3-6,11,16,27-28H,7-10H2,1-2H3,(H,29,30,31)/b17-12-,27-13?,28-20?. The lowest BCUT2D eigenvalue weighted by Crippen LogP contribution is -2.42. The molecule has 0 unspecified atom stereocenters. The van der Waals surface area contributed by atoms with Crippen molar-refractivity contribution in [3.05, 3.63) is 53.0 Å². The Balaban J connectivity index is 1.42. The molecule has 0 bridgehead atoms. The second-order valence-corrected chi connectivity index (χ2v) is 9.26. The van der Waals surface area contributed by atoms with Gasteiger partial charge in [0.15, 0.2) is 0 Å². The van der Waals surface area contributed by atoms with Gasteiger partial charge >= 0.3 is 6.18 Å². The van der Waals surface area contributed by atoms with Crippen molar-refractivity contribution in [2.24, 2.45) is 0 Å². The van der Waals surface area contributed by atoms with Crippen molar-refractivity contribution in [3.8, 4) is 0 Å². The van der Waals surface area contributed by atoms with Crippen LogP contribution in [-0.4, -0.2) is 50.7 Å². The Morgan fingerprint density at radius 2 is 1.79 bits per heavy atom. The zero-order chi connectivity index (χ0) is 24.6. The van der Waals surface area contributed by atoms with E-state index in [1.165, 1.54) is 30.2 Å². The maximum atomic E-state index is 12.8. The first-order valence-electron chi connectivity index (χ1n) is 10.7. The van der Waals surface area contributed by atoms with Crippen LogP contribution in [0.5, 0.6) is 0 Å². The lowest BCUT2D eigenvalue weighted by Gasteiger charge is -2.33. The number of benzene rings is 1. The van der Waals surface area contributed by atoms with Crippen LogP contribution in [0.4, 0.5) is 19.0 Å². The summed E-state index contributed by atoms with van der Waals surface area (Å²) in [6.07, 6.45) is -1.70. The molecule has 178 valence electrons. The summed E-state index contributed by atoms with van der Waals surface area (Å²) in [5.41, 5.74) is 1.84. The first kappa shape index (κ1) is 23.9. The highest BCUT2D eigenvalue weighted by atomic mass is 32.2. The van der Waals surface area contributed by atoms with Gasteiger partial charge in [0.25, 0.3) is 5.91 Å². The number of nitrogens with one attached hydrogen (secondary N) is 3. The number of nitrogens with zero attached hydrogens (tertiary/aromatic N) is 3. The summed E-state index contributed by atoms with van der Waals surface area (Å²) in [4.78, 5) is 23.8. The molecule has 2 aliphatic heterocycles. The number of hydrogen-bond donors (Lipinski definition) is 3. The molecule has 2 aliphatic rings. The van der Waals surface area contributed by atoms with Gasteiger partial charge in [-0.1, -0.05) is 11.8 Å². The summed E-state index contributed by atoms with van der Waals surface area (Å²) in [5, 5.41) is 20.0. The van der Waals surface area contributed by atoms with Crippen LogP contribution in [0.3, 0.4) is 0 Å². The average Bonchev–Trinajstić information content (AvgIpc) is 3.14. The highest BCUT2D eigenvalue weighted by Crippen LogP contribution is 2.44. The molecule has 1 aromatic carbocycles. The fourth-order valence-electron chi connectivity index (χ4n) is 3.95. The number of aromatic nitrogens is 2. The van der Waals surface area contributed by atoms with Crippen LogP contribution in [0.1, 0.15) is 48.3 Å². The van der Waals surface area contributed by atoms with Gasteiger partial charge in [0.05, 0.1) is 16.2 Å². The van der Waals surface area contributed by atoms with E-state index >= 15 is 0 Å². The van der Waals surface area contributed by atoms with Crippen LogP contribution >= 0.6 is 11.8 Å². The number of thioether (sulfide) groups is 1. The van der Waals surface area contributed by atoms with E-state index in [0.717, 1.165) is 17.0 Å². The first-order chi connectivity index (χ1) is 16.1. The van der Waals surface area contributed by atoms with E-state index in [2.05, 4.69) is 15.3 Å². The number of alkyl halides is 3. The van der Waals surface area contributed by atoms with Gasteiger partial charge in [0.2, 0.25) is 0 Å². The molecule has 0 aliphatic carbocycles. The molecule has 7 nitrogen and oxygen atoms in total. The molecule has 11 heteroatoms. The largest absolute Gasteiger partial charge is 0.416 e. The monoisotopic (exact) mass is 488 g/mol. The number of fused-ring (bicyclic) bond motifs is 1. The molecular formula is C23H23F3N6OS. The molecule has 0 radical (unpaired) electrons. The molecule has 3 heterocycles. The number of carbonyl (C=O) groups excluding carboxylic acids is 1. The Morgan fingerprint density at radius 3 is 2.38 bits per heavy atom. The van der Waals surface area contributed by atoms with Gasteiger partial charge in [-0.3, -0.25) is 10.2 Å². The lowest BCUT2D eigenvalue weighted by molar-refractivity contribution is -0.137. The minimum absolute atomic E-state index is 0.0454. The third-order valence-electron chi connectivity index (χ3n) is 5.99. The van der Waals surface area contributed by atoms with Gasteiger partial charge in [-0.2, -0.15) is 13.2 Å². The fourth-order valence-corrected chi connectivity index (χ4v) is 4.97. The third kappa shape index (κ3) is 4.70. The van der Waals surface area contributed by atoms with Crippen molar-refractivity contribution in [1.29, 1.82) is 10.8 Å². The first-order valence-corrected chi connectivity index (χ1v) is 11.5. The van der Waals surface area contributed by atoms with E-state index in [1.54, 1.807) is 18.7 Å².